The van der Waals surface area contributed by atoms with Gasteiger partial charge in [0.25, 0.3) is 5.91 Å². The number of imidazole rings is 1. The molecular formula is C27H36N8O7S. The van der Waals surface area contributed by atoms with Gasteiger partial charge in [0.2, 0.25) is 10.0 Å². The highest BCUT2D eigenvalue weighted by molar-refractivity contribution is 7.89. The van der Waals surface area contributed by atoms with Crippen molar-refractivity contribution in [3.8, 4) is 0 Å². The van der Waals surface area contributed by atoms with E-state index in [9.17, 15) is 18.0 Å². The van der Waals surface area contributed by atoms with Crippen LogP contribution in [0, 0.1) is 0 Å². The molecule has 4 heterocycles. The van der Waals surface area contributed by atoms with Crippen LogP contribution in [0.15, 0.2) is 41.8 Å². The molecule has 0 radical (unpaired) electrons. The maximum absolute atomic E-state index is 13.0. The molecule has 0 saturated carbocycles. The topological polar surface area (TPSA) is 188 Å². The molecule has 2 fully saturated rings. The molecule has 15 nitrogen and oxygen atoms in total. The molecule has 2 aliphatic rings. The molecule has 1 aromatic carbocycles. The Morgan fingerprint density at radius 1 is 1.02 bits per heavy atom. The number of benzene rings is 1. The number of anilines is 2. The monoisotopic (exact) mass is 616 g/mol. The van der Waals surface area contributed by atoms with Crippen molar-refractivity contribution in [1.82, 2.24) is 29.6 Å². The molecular weight excluding hydrogens is 580 g/mol. The lowest BCUT2D eigenvalue weighted by Crippen LogP contribution is -2.42. The van der Waals surface area contributed by atoms with Crippen LogP contribution in [0.2, 0.25) is 0 Å². The number of carbonyl (C=O) groups is 2. The fourth-order valence-corrected chi connectivity index (χ4v) is 6.38. The Bertz CT molecular complexity index is 1590. The van der Waals surface area contributed by atoms with Crippen molar-refractivity contribution < 1.29 is 32.2 Å². The van der Waals surface area contributed by atoms with Gasteiger partial charge in [0.15, 0.2) is 35.1 Å². The van der Waals surface area contributed by atoms with Crippen molar-refractivity contribution in [3.05, 3.63) is 36.9 Å². The summed E-state index contributed by atoms with van der Waals surface area (Å²) in [6, 6.07) is 5.38. The molecule has 5 rings (SSSR count). The average molecular weight is 617 g/mol. The summed E-state index contributed by atoms with van der Waals surface area (Å²) in [5.41, 5.74) is 0.663. The number of ether oxygens (including phenoxy) is 3. The Kier molecular flexibility index (Phi) is 8.94. The van der Waals surface area contributed by atoms with Crippen molar-refractivity contribution in [2.45, 2.75) is 82.2 Å². The maximum atomic E-state index is 13.0. The first-order valence-corrected chi connectivity index (χ1v) is 15.7. The van der Waals surface area contributed by atoms with Gasteiger partial charge >= 0.3 is 6.03 Å². The predicted molar refractivity (Wildman–Crippen MR) is 156 cm³/mol. The molecule has 2 saturated heterocycles. The minimum absolute atomic E-state index is 0.0601. The zero-order valence-electron chi connectivity index (χ0n) is 24.4. The zero-order valence-corrected chi connectivity index (χ0v) is 25.2. The summed E-state index contributed by atoms with van der Waals surface area (Å²) in [6.07, 6.45) is 2.26. The Morgan fingerprint density at radius 3 is 2.56 bits per heavy atom. The Labute approximate surface area is 249 Å². The highest BCUT2D eigenvalue weighted by Crippen LogP contribution is 2.44. The number of hydrogen-bond acceptors (Lipinski definition) is 10. The third kappa shape index (κ3) is 6.47. The van der Waals surface area contributed by atoms with Gasteiger partial charge in [-0.3, -0.25) is 14.7 Å². The first kappa shape index (κ1) is 30.7. The number of rotatable bonds is 11. The molecule has 232 valence electrons. The lowest BCUT2D eigenvalue weighted by Gasteiger charge is -2.24. The van der Waals surface area contributed by atoms with Gasteiger partial charge in [-0.1, -0.05) is 31.9 Å². The molecule has 0 aliphatic carbocycles. The van der Waals surface area contributed by atoms with E-state index in [0.29, 0.717) is 25.2 Å². The molecule has 43 heavy (non-hydrogen) atoms. The number of hydrogen-bond donors (Lipinski definition) is 4. The average Bonchev–Trinajstić information content (AvgIpc) is 3.62. The quantitative estimate of drug-likeness (QED) is 0.233. The summed E-state index contributed by atoms with van der Waals surface area (Å²) < 4.78 is 48.2. The summed E-state index contributed by atoms with van der Waals surface area (Å²) in [7, 11) is -3.86. The van der Waals surface area contributed by atoms with Crippen LogP contribution in [0.5, 0.6) is 0 Å². The van der Waals surface area contributed by atoms with Crippen molar-refractivity contribution in [1.29, 1.82) is 0 Å². The normalized spacial score (nSPS) is 22.8. The smallest absolute Gasteiger partial charge is 0.324 e. The van der Waals surface area contributed by atoms with Crippen LogP contribution in [0.1, 0.15) is 53.2 Å². The number of nitrogens with one attached hydrogen (secondary N) is 4. The minimum atomic E-state index is -3.86. The Morgan fingerprint density at radius 2 is 1.79 bits per heavy atom. The van der Waals surface area contributed by atoms with Crippen LogP contribution in [0.4, 0.5) is 16.3 Å². The van der Waals surface area contributed by atoms with E-state index in [2.05, 4.69) is 35.6 Å². The molecule has 2 aliphatic heterocycles. The number of aromatic nitrogens is 4. The van der Waals surface area contributed by atoms with Gasteiger partial charge in [-0.2, -0.15) is 0 Å². The van der Waals surface area contributed by atoms with Crippen LogP contribution < -0.4 is 20.7 Å². The van der Waals surface area contributed by atoms with Gasteiger partial charge < -0.3 is 24.8 Å². The number of likely N-dealkylation sites (N-methyl/N-ethyl adjacent to an activating group) is 1. The highest BCUT2D eigenvalue weighted by atomic mass is 32.2. The summed E-state index contributed by atoms with van der Waals surface area (Å²) in [6.45, 7) is 8.09. The molecule has 0 unspecified atom stereocenters. The van der Waals surface area contributed by atoms with E-state index in [1.54, 1.807) is 30.5 Å². The number of nitrogens with zero attached hydrogens (tertiary/aromatic N) is 4. The van der Waals surface area contributed by atoms with Gasteiger partial charge in [0, 0.05) is 13.1 Å². The largest absolute Gasteiger partial charge is 0.354 e. The molecule has 0 bridgehead atoms. The van der Waals surface area contributed by atoms with Crippen LogP contribution >= 0.6 is 0 Å². The minimum Gasteiger partial charge on any atom is -0.354 e. The number of carbonyl (C=O) groups excluding carboxylic acids is 2. The maximum Gasteiger partial charge on any atom is 0.324 e. The van der Waals surface area contributed by atoms with Crippen LogP contribution in [-0.4, -0.2) is 77.1 Å². The lowest BCUT2D eigenvalue weighted by molar-refractivity contribution is -0.197. The van der Waals surface area contributed by atoms with E-state index in [1.807, 2.05) is 13.8 Å². The number of amides is 3. The number of para-hydroxylation sites is 1. The summed E-state index contributed by atoms with van der Waals surface area (Å²) in [4.78, 5) is 38.6. The Hall–Kier alpha value is -3.70. The molecule has 4 N–H and O–H groups in total. The second-order valence-electron chi connectivity index (χ2n) is 10.6. The van der Waals surface area contributed by atoms with Crippen molar-refractivity contribution in [2.75, 3.05) is 23.7 Å². The molecule has 3 aromatic rings. The molecule has 2 aromatic heterocycles. The van der Waals surface area contributed by atoms with Crippen molar-refractivity contribution >= 4 is 44.6 Å². The summed E-state index contributed by atoms with van der Waals surface area (Å²) in [5, 5.41) is 7.98. The summed E-state index contributed by atoms with van der Waals surface area (Å²) in [5.74, 6) is -1.18. The Balaban J connectivity index is 1.35. The van der Waals surface area contributed by atoms with Gasteiger partial charge in [0.1, 0.15) is 23.4 Å². The number of urea groups is 1. The molecule has 0 spiro atoms. The van der Waals surface area contributed by atoms with Crippen LogP contribution in [0.25, 0.3) is 11.2 Å². The predicted octanol–water partition coefficient (Wildman–Crippen LogP) is 2.49. The van der Waals surface area contributed by atoms with Crippen molar-refractivity contribution in [3.63, 3.8) is 0 Å². The zero-order chi connectivity index (χ0) is 30.8. The number of sulfonamides is 1. The lowest BCUT2D eigenvalue weighted by atomic mass is 10.1. The van der Waals surface area contributed by atoms with Gasteiger partial charge in [0.05, 0.1) is 12.0 Å². The van der Waals surface area contributed by atoms with E-state index in [1.165, 1.54) is 24.8 Å². The summed E-state index contributed by atoms with van der Waals surface area (Å²) >= 11 is 0. The van der Waals surface area contributed by atoms with E-state index in [4.69, 9.17) is 14.2 Å². The van der Waals surface area contributed by atoms with Crippen LogP contribution in [0.3, 0.4) is 0 Å². The van der Waals surface area contributed by atoms with E-state index < -0.39 is 46.4 Å². The van der Waals surface area contributed by atoms with Gasteiger partial charge in [-0.25, -0.2) is 32.9 Å². The first-order valence-electron chi connectivity index (χ1n) is 14.2. The highest BCUT2D eigenvalue weighted by Gasteiger charge is 2.58. The fourth-order valence-electron chi connectivity index (χ4n) is 5.14. The molecule has 3 amide bonds. The number of unbranched alkanes of at least 4 members (excludes halogenated alkanes) is 2. The van der Waals surface area contributed by atoms with Gasteiger partial charge in [-0.15, -0.1) is 0 Å². The van der Waals surface area contributed by atoms with E-state index >= 15 is 0 Å². The SMILES string of the molecule is CCCCCNS(=O)(=O)c1ccccc1NC(=O)Nc1ncnc2c1ncn2[C@@H]1O[C@H](C(=O)NCC)[C@H]2OC(C)(C)O[C@H]21. The van der Waals surface area contributed by atoms with E-state index in [0.717, 1.165) is 12.8 Å². The van der Waals surface area contributed by atoms with Crippen molar-refractivity contribution in [2.24, 2.45) is 0 Å². The third-order valence-electron chi connectivity index (χ3n) is 7.00. The van der Waals surface area contributed by atoms with E-state index in [-0.39, 0.29) is 27.8 Å². The van der Waals surface area contributed by atoms with Crippen LogP contribution in [-0.2, 0) is 29.0 Å². The molecule has 16 heteroatoms. The number of fused-ring (bicyclic) bond motifs is 2. The molecule has 4 atom stereocenters. The fraction of sp³-hybridized carbons (Fsp3) is 0.519. The first-order chi connectivity index (χ1) is 20.5. The third-order valence-corrected chi connectivity index (χ3v) is 8.52. The standard InChI is InChI=1S/C27H36N8O7S/c1-5-7-10-13-32-43(38,39)17-12-9-8-11-16(17)33-26(37)34-22-18-23(30-14-29-22)35(15-31-18)25-21-19(41-27(3,4)42-21)20(40-25)24(36)28-6-2/h8-9,11-12,14-15,19-21,25,32H,5-7,10,13H2,1-4H3,(H,28,36)(H2,29,30,33,34,37)/t19-,20+,21-,25-/m1/s1. The second-order valence-corrected chi connectivity index (χ2v) is 12.4. The van der Waals surface area contributed by atoms with Gasteiger partial charge in [-0.05, 0) is 39.3 Å². The second kappa shape index (κ2) is 12.5.